The van der Waals surface area contributed by atoms with Gasteiger partial charge in [-0.25, -0.2) is 13.2 Å². The Morgan fingerprint density at radius 1 is 0.938 bits per heavy atom. The maximum absolute atomic E-state index is 12.7. The normalized spacial score (nSPS) is 14.4. The summed E-state index contributed by atoms with van der Waals surface area (Å²) in [6, 6.07) is 13.3. The Bertz CT molecular complexity index is 1040. The van der Waals surface area contributed by atoms with Crippen molar-refractivity contribution in [3.8, 4) is 0 Å². The van der Waals surface area contributed by atoms with E-state index in [0.29, 0.717) is 35.7 Å². The maximum atomic E-state index is 12.7. The number of anilines is 2. The molecule has 8 heteroatoms. The van der Waals surface area contributed by atoms with Crippen molar-refractivity contribution >= 4 is 33.2 Å². The third kappa shape index (κ3) is 5.88. The van der Waals surface area contributed by atoms with Crippen LogP contribution in [0.1, 0.15) is 52.0 Å². The Morgan fingerprint density at radius 3 is 1.91 bits per heavy atom. The lowest BCUT2D eigenvalue weighted by molar-refractivity contribution is -0.131. The largest absolute Gasteiger partial charge is 0.336 e. The summed E-state index contributed by atoms with van der Waals surface area (Å²) >= 11 is 0. The number of nitrogens with one attached hydrogen (secondary N) is 2. The third-order valence-electron chi connectivity index (χ3n) is 5.77. The summed E-state index contributed by atoms with van der Waals surface area (Å²) in [5.41, 5.74) is 2.10. The van der Waals surface area contributed by atoms with Gasteiger partial charge in [-0.3, -0.25) is 4.79 Å². The zero-order valence-corrected chi connectivity index (χ0v) is 19.6. The molecule has 0 bridgehead atoms. The number of rotatable bonds is 7. The SMILES string of the molecule is CC(=O)N(Cc1ccc(NC(=O)Nc2ccc(S(=O)(=O)C3CCCC3)cc2)cc1)C(C)C. The fourth-order valence-corrected chi connectivity index (χ4v) is 5.81. The number of urea groups is 1. The highest BCUT2D eigenvalue weighted by molar-refractivity contribution is 7.92. The fraction of sp³-hybridized carbons (Fsp3) is 0.417. The quantitative estimate of drug-likeness (QED) is 0.624. The van der Waals surface area contributed by atoms with Crippen LogP contribution in [-0.4, -0.2) is 36.5 Å². The molecule has 0 saturated heterocycles. The Labute approximate surface area is 190 Å². The highest BCUT2D eigenvalue weighted by Gasteiger charge is 2.30. The molecule has 2 aromatic rings. The van der Waals surface area contributed by atoms with Crippen molar-refractivity contribution in [2.24, 2.45) is 0 Å². The number of hydrogen-bond acceptors (Lipinski definition) is 4. The molecule has 1 saturated carbocycles. The number of sulfone groups is 1. The molecule has 0 unspecified atom stereocenters. The zero-order chi connectivity index (χ0) is 23.3. The van der Waals surface area contributed by atoms with Crippen LogP contribution >= 0.6 is 0 Å². The van der Waals surface area contributed by atoms with Gasteiger partial charge in [0, 0.05) is 30.9 Å². The average Bonchev–Trinajstić information content (AvgIpc) is 3.29. The molecule has 2 N–H and O–H groups in total. The van der Waals surface area contributed by atoms with Crippen molar-refractivity contribution < 1.29 is 18.0 Å². The highest BCUT2D eigenvalue weighted by atomic mass is 32.2. The zero-order valence-electron chi connectivity index (χ0n) is 18.8. The van der Waals surface area contributed by atoms with Gasteiger partial charge < -0.3 is 15.5 Å². The molecule has 7 nitrogen and oxygen atoms in total. The van der Waals surface area contributed by atoms with E-state index >= 15 is 0 Å². The molecule has 0 radical (unpaired) electrons. The molecule has 0 atom stereocenters. The van der Waals surface area contributed by atoms with Crippen LogP contribution in [0.2, 0.25) is 0 Å². The van der Waals surface area contributed by atoms with Crippen molar-refractivity contribution in [2.45, 2.75) is 69.2 Å². The van der Waals surface area contributed by atoms with Gasteiger partial charge in [0.2, 0.25) is 5.91 Å². The summed E-state index contributed by atoms with van der Waals surface area (Å²) in [5.74, 6) is 0.0173. The lowest BCUT2D eigenvalue weighted by Gasteiger charge is -2.25. The van der Waals surface area contributed by atoms with Gasteiger partial charge in [0.1, 0.15) is 0 Å². The molecule has 0 aromatic heterocycles. The second kappa shape index (κ2) is 10.2. The molecule has 3 amide bonds. The molecule has 32 heavy (non-hydrogen) atoms. The third-order valence-corrected chi connectivity index (χ3v) is 8.05. The molecule has 0 heterocycles. The van der Waals surface area contributed by atoms with Crippen LogP contribution in [0.25, 0.3) is 0 Å². The molecule has 0 aliphatic heterocycles. The van der Waals surface area contributed by atoms with Gasteiger partial charge in [-0.2, -0.15) is 0 Å². The Morgan fingerprint density at radius 2 is 1.44 bits per heavy atom. The first-order chi connectivity index (χ1) is 15.2. The van der Waals surface area contributed by atoms with Gasteiger partial charge in [-0.05, 0) is 68.7 Å². The smallest absolute Gasteiger partial charge is 0.323 e. The number of carbonyl (C=O) groups excluding carboxylic acids is 2. The van der Waals surface area contributed by atoms with Crippen LogP contribution < -0.4 is 10.6 Å². The molecule has 0 spiro atoms. The van der Waals surface area contributed by atoms with E-state index in [-0.39, 0.29) is 17.2 Å². The summed E-state index contributed by atoms with van der Waals surface area (Å²) < 4.78 is 25.3. The van der Waals surface area contributed by atoms with E-state index in [4.69, 9.17) is 0 Å². The number of nitrogens with zero attached hydrogens (tertiary/aromatic N) is 1. The topological polar surface area (TPSA) is 95.6 Å². The Hall–Kier alpha value is -2.87. The molecule has 2 aromatic carbocycles. The molecule has 1 fully saturated rings. The molecule has 1 aliphatic rings. The second-order valence-electron chi connectivity index (χ2n) is 8.49. The monoisotopic (exact) mass is 457 g/mol. The van der Waals surface area contributed by atoms with Crippen molar-refractivity contribution in [3.05, 3.63) is 54.1 Å². The predicted octanol–water partition coefficient (Wildman–Crippen LogP) is 4.80. The van der Waals surface area contributed by atoms with E-state index in [1.807, 2.05) is 26.0 Å². The minimum Gasteiger partial charge on any atom is -0.336 e. The van der Waals surface area contributed by atoms with Crippen molar-refractivity contribution in [1.82, 2.24) is 4.90 Å². The number of amides is 3. The van der Waals surface area contributed by atoms with E-state index in [1.54, 1.807) is 48.2 Å². The van der Waals surface area contributed by atoms with Crippen molar-refractivity contribution in [2.75, 3.05) is 10.6 Å². The van der Waals surface area contributed by atoms with Gasteiger partial charge in [0.05, 0.1) is 10.1 Å². The number of carbonyl (C=O) groups is 2. The molecule has 172 valence electrons. The van der Waals surface area contributed by atoms with E-state index in [0.717, 1.165) is 18.4 Å². The van der Waals surface area contributed by atoms with Gasteiger partial charge >= 0.3 is 6.03 Å². The van der Waals surface area contributed by atoms with Crippen LogP contribution in [-0.2, 0) is 21.2 Å². The summed E-state index contributed by atoms with van der Waals surface area (Å²) in [7, 11) is -3.31. The van der Waals surface area contributed by atoms with Crippen LogP contribution in [0.15, 0.2) is 53.4 Å². The van der Waals surface area contributed by atoms with Crippen LogP contribution in [0.3, 0.4) is 0 Å². The standard InChI is InChI=1S/C24H31N3O4S/c1-17(2)27(18(3)28)16-19-8-10-20(11-9-19)25-24(29)26-21-12-14-23(15-13-21)32(30,31)22-6-4-5-7-22/h8-15,17,22H,4-7,16H2,1-3H3,(H2,25,26,29). The Kier molecular flexibility index (Phi) is 7.56. The van der Waals surface area contributed by atoms with Gasteiger partial charge in [-0.1, -0.05) is 25.0 Å². The molecule has 3 rings (SSSR count). The van der Waals surface area contributed by atoms with Crippen LogP contribution in [0, 0.1) is 0 Å². The van der Waals surface area contributed by atoms with Gasteiger partial charge in [0.25, 0.3) is 0 Å². The van der Waals surface area contributed by atoms with Crippen LogP contribution in [0.4, 0.5) is 16.2 Å². The van der Waals surface area contributed by atoms with E-state index in [9.17, 15) is 18.0 Å². The average molecular weight is 458 g/mol. The summed E-state index contributed by atoms with van der Waals surface area (Å²) in [4.78, 5) is 26.1. The lowest BCUT2D eigenvalue weighted by Crippen LogP contribution is -2.34. The lowest BCUT2D eigenvalue weighted by atomic mass is 10.1. The Balaban J connectivity index is 1.57. The minimum atomic E-state index is -3.31. The minimum absolute atomic E-state index is 0.0173. The first-order valence-electron chi connectivity index (χ1n) is 10.9. The van der Waals surface area contributed by atoms with Crippen LogP contribution in [0.5, 0.6) is 0 Å². The summed E-state index contributed by atoms with van der Waals surface area (Å²) in [5, 5.41) is 5.18. The summed E-state index contributed by atoms with van der Waals surface area (Å²) in [6.07, 6.45) is 3.34. The van der Waals surface area contributed by atoms with E-state index in [1.165, 1.54) is 0 Å². The molecular formula is C24H31N3O4S. The van der Waals surface area contributed by atoms with E-state index in [2.05, 4.69) is 10.6 Å². The maximum Gasteiger partial charge on any atom is 0.323 e. The fourth-order valence-electron chi connectivity index (χ4n) is 3.96. The first-order valence-corrected chi connectivity index (χ1v) is 12.5. The number of hydrogen-bond donors (Lipinski definition) is 2. The summed E-state index contributed by atoms with van der Waals surface area (Å²) in [6.45, 7) is 6.00. The highest BCUT2D eigenvalue weighted by Crippen LogP contribution is 2.30. The second-order valence-corrected chi connectivity index (χ2v) is 10.7. The molecule has 1 aliphatic carbocycles. The van der Waals surface area contributed by atoms with Gasteiger partial charge in [0.15, 0.2) is 9.84 Å². The van der Waals surface area contributed by atoms with Crippen molar-refractivity contribution in [1.29, 1.82) is 0 Å². The molecular weight excluding hydrogens is 426 g/mol. The van der Waals surface area contributed by atoms with E-state index < -0.39 is 15.9 Å². The van der Waals surface area contributed by atoms with Crippen molar-refractivity contribution in [3.63, 3.8) is 0 Å². The number of benzene rings is 2. The van der Waals surface area contributed by atoms with Gasteiger partial charge in [-0.15, -0.1) is 0 Å². The predicted molar refractivity (Wildman–Crippen MR) is 126 cm³/mol. The first kappa shape index (κ1) is 23.8.